The molecule has 0 unspecified atom stereocenters. The molecule has 5 heteroatoms. The molecule has 0 aliphatic carbocycles. The van der Waals surface area contributed by atoms with Gasteiger partial charge in [0.25, 0.3) is 0 Å². The molecule has 3 nitrogen and oxygen atoms in total. The van der Waals surface area contributed by atoms with Crippen LogP contribution in [0, 0.1) is 0 Å². The summed E-state index contributed by atoms with van der Waals surface area (Å²) in [6.45, 7) is 4.15. The molecule has 0 bridgehead atoms. The monoisotopic (exact) mass is 256 g/mol. The quantitative estimate of drug-likeness (QED) is 0.380. The molecule has 0 atom stereocenters. The van der Waals surface area contributed by atoms with Crippen molar-refractivity contribution in [2.24, 2.45) is 0 Å². The summed E-state index contributed by atoms with van der Waals surface area (Å²) < 4.78 is 0. The van der Waals surface area contributed by atoms with E-state index in [1.54, 1.807) is 0 Å². The Morgan fingerprint density at radius 1 is 1.00 bits per heavy atom. The van der Waals surface area contributed by atoms with Gasteiger partial charge in [0, 0.05) is 0 Å². The largest absolute Gasteiger partial charge is 2.00 e. The Balaban J connectivity index is 0. The van der Waals surface area contributed by atoms with Gasteiger partial charge in [-0.1, -0.05) is 0 Å². The molecule has 2 radical (unpaired) electrons. The predicted molar refractivity (Wildman–Crippen MR) is 32.4 cm³/mol. The summed E-state index contributed by atoms with van der Waals surface area (Å²) in [4.78, 5) is 30.4. The third-order valence-electron chi connectivity index (χ3n) is 0.822. The van der Waals surface area contributed by atoms with E-state index in [0.717, 1.165) is 0 Å². The van der Waals surface area contributed by atoms with E-state index in [1.807, 2.05) is 0 Å². The molecule has 0 heterocycles. The summed E-state index contributed by atoms with van der Waals surface area (Å²) >= 11 is 0. The molecule has 0 aliphatic rings. The molecule has 0 N–H and O–H groups in total. The van der Waals surface area contributed by atoms with E-state index in [0.29, 0.717) is 0 Å². The van der Waals surface area contributed by atoms with Crippen molar-refractivity contribution in [1.29, 1.82) is 0 Å². The number of rotatable bonds is 0. The van der Waals surface area contributed by atoms with Crippen LogP contribution in [0.1, 0.15) is 20.8 Å². The second-order valence-electron chi connectivity index (χ2n) is 2.67. The van der Waals surface area contributed by atoms with Gasteiger partial charge in [0.1, 0.15) is 0 Å². The predicted octanol–water partition coefficient (Wildman–Crippen LogP) is -1.75. The molecule has 0 aromatic heterocycles. The molecular formula is C4H9O3PSn. The first-order valence-corrected chi connectivity index (χ1v) is 3.81. The van der Waals surface area contributed by atoms with Gasteiger partial charge in [-0.15, -0.1) is 0 Å². The minimum atomic E-state index is -4.35. The van der Waals surface area contributed by atoms with Gasteiger partial charge in [-0.05, 0) is 20.8 Å². The third-order valence-corrected chi connectivity index (χ3v) is 2.46. The second kappa shape index (κ2) is 3.49. The molecule has 52 valence electrons. The van der Waals surface area contributed by atoms with E-state index in [-0.39, 0.29) is 23.9 Å². The van der Waals surface area contributed by atoms with Crippen LogP contribution in [0.15, 0.2) is 0 Å². The first-order chi connectivity index (χ1) is 3.25. The van der Waals surface area contributed by atoms with Gasteiger partial charge < -0.3 is 14.7 Å². The van der Waals surface area contributed by atoms with Crippen molar-refractivity contribution in [1.82, 2.24) is 0 Å². The molecule has 0 aromatic rings. The maximum absolute atomic E-state index is 10.1. The van der Waals surface area contributed by atoms with E-state index < -0.39 is 13.1 Å². The van der Waals surface area contributed by atoms with Crippen molar-refractivity contribution in [3.63, 3.8) is 0 Å². The molecule has 0 spiro atoms. The van der Waals surface area contributed by atoms with Crippen LogP contribution in [0.4, 0.5) is 0 Å². The van der Waals surface area contributed by atoms with Gasteiger partial charge >= 0.3 is 23.9 Å². The van der Waals surface area contributed by atoms with Crippen LogP contribution in [-0.4, -0.2) is 29.1 Å². The van der Waals surface area contributed by atoms with Gasteiger partial charge in [-0.3, -0.25) is 0 Å². The molecule has 9 heavy (non-hydrogen) atoms. The van der Waals surface area contributed by atoms with Gasteiger partial charge in [0.15, 0.2) is 0 Å². The van der Waals surface area contributed by atoms with Crippen LogP contribution in [0.5, 0.6) is 0 Å². The number of hydrogen-bond donors (Lipinski definition) is 0. The zero-order valence-electron chi connectivity index (χ0n) is 5.67. The van der Waals surface area contributed by atoms with E-state index in [9.17, 15) is 14.7 Å². The first kappa shape index (κ1) is 12.8. The molecular weight excluding hydrogens is 246 g/mol. The summed E-state index contributed by atoms with van der Waals surface area (Å²) in [7, 11) is -4.35. The summed E-state index contributed by atoms with van der Waals surface area (Å²) in [5.74, 6) is 0. The van der Waals surface area contributed by atoms with Gasteiger partial charge in [0.05, 0.1) is 5.16 Å². The summed E-state index contributed by atoms with van der Waals surface area (Å²) in [6.07, 6.45) is 0. The number of hydrogen-bond acceptors (Lipinski definition) is 3. The minimum absolute atomic E-state index is 0. The SMILES string of the molecule is CC(C)(C)[P+]([O-])([O-])[O-].[Sn+2]. The molecule has 0 amide bonds. The maximum atomic E-state index is 10.1. The van der Waals surface area contributed by atoms with Crippen LogP contribution in [0.3, 0.4) is 0 Å². The van der Waals surface area contributed by atoms with Crippen molar-refractivity contribution in [2.45, 2.75) is 25.9 Å². The Morgan fingerprint density at radius 3 is 1.11 bits per heavy atom. The van der Waals surface area contributed by atoms with Crippen molar-refractivity contribution < 1.29 is 14.7 Å². The molecule has 0 saturated heterocycles. The van der Waals surface area contributed by atoms with Crippen LogP contribution in [0.25, 0.3) is 0 Å². The second-order valence-corrected chi connectivity index (χ2v) is 5.00. The maximum Gasteiger partial charge on any atom is 2.00 e. The fourth-order valence-electron chi connectivity index (χ4n) is 0. The average Bonchev–Trinajstić information content (AvgIpc) is 1.25. The van der Waals surface area contributed by atoms with E-state index in [1.165, 1.54) is 20.8 Å². The fraction of sp³-hybridized carbons (Fsp3) is 1.00. The van der Waals surface area contributed by atoms with Crippen molar-refractivity contribution in [3.05, 3.63) is 0 Å². The summed E-state index contributed by atoms with van der Waals surface area (Å²) in [6, 6.07) is 0. The average molecular weight is 255 g/mol. The fourth-order valence-corrected chi connectivity index (χ4v) is 0. The Bertz CT molecular complexity index is 70.8. The van der Waals surface area contributed by atoms with Gasteiger partial charge in [-0.25, -0.2) is 0 Å². The minimum Gasteiger partial charge on any atom is -0.687 e. The van der Waals surface area contributed by atoms with Crippen LogP contribution in [-0.2, 0) is 0 Å². The van der Waals surface area contributed by atoms with Gasteiger partial charge in [0.2, 0.25) is 0 Å². The smallest absolute Gasteiger partial charge is 0.687 e. The van der Waals surface area contributed by atoms with Crippen molar-refractivity contribution in [2.75, 3.05) is 0 Å². The van der Waals surface area contributed by atoms with E-state index in [2.05, 4.69) is 0 Å². The zero-order chi connectivity index (χ0) is 7.00. The van der Waals surface area contributed by atoms with Crippen molar-refractivity contribution >= 4 is 31.9 Å². The zero-order valence-corrected chi connectivity index (χ0v) is 9.42. The van der Waals surface area contributed by atoms with Crippen LogP contribution >= 0.6 is 7.94 Å². The van der Waals surface area contributed by atoms with Crippen LogP contribution in [0.2, 0.25) is 0 Å². The molecule has 0 fully saturated rings. The topological polar surface area (TPSA) is 69.2 Å². The van der Waals surface area contributed by atoms with Crippen molar-refractivity contribution in [3.8, 4) is 0 Å². The molecule has 0 aliphatic heterocycles. The molecule has 0 aromatic carbocycles. The molecule has 0 rings (SSSR count). The van der Waals surface area contributed by atoms with E-state index in [4.69, 9.17) is 0 Å². The van der Waals surface area contributed by atoms with E-state index >= 15 is 0 Å². The Hall–Kier alpha value is 1.11. The van der Waals surface area contributed by atoms with Gasteiger partial charge in [-0.2, -0.15) is 7.94 Å². The Kier molecular flexibility index (Phi) is 4.94. The summed E-state index contributed by atoms with van der Waals surface area (Å²) in [5.41, 5.74) is 0. The Morgan fingerprint density at radius 2 is 1.11 bits per heavy atom. The normalized spacial score (nSPS) is 12.7. The third kappa shape index (κ3) is 4.50. The molecule has 0 saturated carbocycles. The Labute approximate surface area is 72.6 Å². The summed E-state index contributed by atoms with van der Waals surface area (Å²) in [5, 5.41) is -1.12. The standard InChI is InChI=1S/C4H11O3P.Sn/c1-4(2,3)8(5,6)7;/h1-3H3,(H2,5,6,7);/q;+2/p-2. The van der Waals surface area contributed by atoms with Crippen LogP contribution < -0.4 is 14.7 Å². The first-order valence-electron chi connectivity index (χ1n) is 2.27.